The number of hydrogen-bond donors (Lipinski definition) is 0. The van der Waals surface area contributed by atoms with E-state index in [9.17, 15) is 4.79 Å². The average Bonchev–Trinajstić information content (AvgIpc) is 3.15. The Kier molecular flexibility index (Phi) is 4.00. The fraction of sp³-hybridized carbons (Fsp3) is 0.562. The smallest absolute Gasteiger partial charge is 0.276 e. The van der Waals surface area contributed by atoms with Gasteiger partial charge in [-0.25, -0.2) is 4.98 Å². The molecule has 2 aromatic rings. The van der Waals surface area contributed by atoms with Gasteiger partial charge in [0.05, 0.1) is 6.04 Å². The first kappa shape index (κ1) is 14.8. The van der Waals surface area contributed by atoms with Crippen LogP contribution >= 0.6 is 0 Å². The standard InChI is InChI=1S/C16H22N4O2/c1-11(2)15-17-6-8-20(15)13-5-4-7-19(10-13)16(21)14-9-12(3)22-18-14/h6,8-9,11,13H,4-5,7,10H2,1-3H3. The zero-order chi connectivity index (χ0) is 15.7. The third-order valence-electron chi connectivity index (χ3n) is 4.14. The highest BCUT2D eigenvalue weighted by molar-refractivity contribution is 5.92. The Hall–Kier alpha value is -2.11. The van der Waals surface area contributed by atoms with E-state index in [-0.39, 0.29) is 11.9 Å². The van der Waals surface area contributed by atoms with Crippen molar-refractivity contribution in [1.82, 2.24) is 19.6 Å². The Bertz CT molecular complexity index is 659. The molecule has 0 aliphatic carbocycles. The van der Waals surface area contributed by atoms with Gasteiger partial charge in [0.2, 0.25) is 0 Å². The van der Waals surface area contributed by atoms with Crippen LogP contribution in [0, 0.1) is 6.92 Å². The van der Waals surface area contributed by atoms with E-state index in [1.807, 2.05) is 17.3 Å². The molecule has 6 heteroatoms. The van der Waals surface area contributed by atoms with Gasteiger partial charge in [0, 0.05) is 37.5 Å². The maximum atomic E-state index is 12.5. The molecule has 0 bridgehead atoms. The van der Waals surface area contributed by atoms with Gasteiger partial charge in [-0.15, -0.1) is 0 Å². The summed E-state index contributed by atoms with van der Waals surface area (Å²) in [4.78, 5) is 18.9. The van der Waals surface area contributed by atoms with Crippen LogP contribution in [0.25, 0.3) is 0 Å². The van der Waals surface area contributed by atoms with Gasteiger partial charge in [-0.3, -0.25) is 4.79 Å². The van der Waals surface area contributed by atoms with Gasteiger partial charge in [-0.2, -0.15) is 0 Å². The average molecular weight is 302 g/mol. The van der Waals surface area contributed by atoms with Crippen molar-refractivity contribution in [2.75, 3.05) is 13.1 Å². The molecule has 0 N–H and O–H groups in total. The number of hydrogen-bond acceptors (Lipinski definition) is 4. The third kappa shape index (κ3) is 2.77. The quantitative estimate of drug-likeness (QED) is 0.874. The Morgan fingerprint density at radius 3 is 2.95 bits per heavy atom. The van der Waals surface area contributed by atoms with Crippen LogP contribution < -0.4 is 0 Å². The van der Waals surface area contributed by atoms with Crippen molar-refractivity contribution in [3.63, 3.8) is 0 Å². The van der Waals surface area contributed by atoms with Gasteiger partial charge < -0.3 is 14.0 Å². The number of aryl methyl sites for hydroxylation is 1. The molecule has 6 nitrogen and oxygen atoms in total. The monoisotopic (exact) mass is 302 g/mol. The molecule has 0 saturated carbocycles. The predicted molar refractivity (Wildman–Crippen MR) is 81.7 cm³/mol. The number of piperidine rings is 1. The molecule has 3 rings (SSSR count). The SMILES string of the molecule is Cc1cc(C(=O)N2CCCC(n3ccnc3C(C)C)C2)no1. The summed E-state index contributed by atoms with van der Waals surface area (Å²) >= 11 is 0. The molecular weight excluding hydrogens is 280 g/mol. The second-order valence-corrected chi connectivity index (χ2v) is 6.22. The zero-order valence-corrected chi connectivity index (χ0v) is 13.3. The first-order valence-corrected chi connectivity index (χ1v) is 7.81. The van der Waals surface area contributed by atoms with Crippen LogP contribution in [0.1, 0.15) is 60.7 Å². The van der Waals surface area contributed by atoms with Crippen molar-refractivity contribution in [2.45, 2.75) is 45.6 Å². The molecule has 1 fully saturated rings. The lowest BCUT2D eigenvalue weighted by Gasteiger charge is -2.34. The summed E-state index contributed by atoms with van der Waals surface area (Å²) < 4.78 is 7.23. The zero-order valence-electron chi connectivity index (χ0n) is 13.3. The van der Waals surface area contributed by atoms with Gasteiger partial charge in [0.1, 0.15) is 11.6 Å². The lowest BCUT2D eigenvalue weighted by atomic mass is 10.0. The van der Waals surface area contributed by atoms with E-state index >= 15 is 0 Å². The number of carbonyl (C=O) groups excluding carboxylic acids is 1. The minimum absolute atomic E-state index is 0.0484. The summed E-state index contributed by atoms with van der Waals surface area (Å²) in [7, 11) is 0. The van der Waals surface area contributed by atoms with E-state index in [0.29, 0.717) is 23.9 Å². The number of amides is 1. The molecule has 0 radical (unpaired) electrons. The fourth-order valence-corrected chi connectivity index (χ4v) is 3.08. The number of nitrogens with zero attached hydrogens (tertiary/aromatic N) is 4. The summed E-state index contributed by atoms with van der Waals surface area (Å²) in [6, 6.07) is 1.98. The minimum atomic E-state index is -0.0484. The minimum Gasteiger partial charge on any atom is -0.361 e. The maximum Gasteiger partial charge on any atom is 0.276 e. The first-order valence-electron chi connectivity index (χ1n) is 7.81. The molecular formula is C16H22N4O2. The van der Waals surface area contributed by atoms with Gasteiger partial charge >= 0.3 is 0 Å². The lowest BCUT2D eigenvalue weighted by Crippen LogP contribution is -2.41. The van der Waals surface area contributed by atoms with E-state index in [1.165, 1.54) is 0 Å². The van der Waals surface area contributed by atoms with E-state index in [0.717, 1.165) is 25.2 Å². The Morgan fingerprint density at radius 1 is 1.45 bits per heavy atom. The van der Waals surface area contributed by atoms with Crippen molar-refractivity contribution in [2.24, 2.45) is 0 Å². The van der Waals surface area contributed by atoms with Crippen molar-refractivity contribution in [1.29, 1.82) is 0 Å². The predicted octanol–water partition coefficient (Wildman–Crippen LogP) is 2.78. The number of carbonyl (C=O) groups is 1. The number of aromatic nitrogens is 3. The molecule has 1 unspecified atom stereocenters. The molecule has 0 aromatic carbocycles. The van der Waals surface area contributed by atoms with E-state index in [4.69, 9.17) is 4.52 Å². The van der Waals surface area contributed by atoms with Gasteiger partial charge in [0.15, 0.2) is 5.69 Å². The van der Waals surface area contributed by atoms with Crippen LogP contribution in [-0.2, 0) is 0 Å². The highest BCUT2D eigenvalue weighted by atomic mass is 16.5. The maximum absolute atomic E-state index is 12.5. The van der Waals surface area contributed by atoms with Crippen LogP contribution in [0.5, 0.6) is 0 Å². The summed E-state index contributed by atoms with van der Waals surface area (Å²) in [5.74, 6) is 2.07. The Labute approximate surface area is 130 Å². The molecule has 118 valence electrons. The number of rotatable bonds is 3. The van der Waals surface area contributed by atoms with E-state index < -0.39 is 0 Å². The summed E-state index contributed by atoms with van der Waals surface area (Å²) in [6.45, 7) is 7.54. The first-order chi connectivity index (χ1) is 10.6. The summed E-state index contributed by atoms with van der Waals surface area (Å²) in [6.07, 6.45) is 5.92. The molecule has 1 aliphatic rings. The highest BCUT2D eigenvalue weighted by Gasteiger charge is 2.28. The third-order valence-corrected chi connectivity index (χ3v) is 4.14. The largest absolute Gasteiger partial charge is 0.361 e. The van der Waals surface area contributed by atoms with Crippen molar-refractivity contribution >= 4 is 5.91 Å². The summed E-state index contributed by atoms with van der Waals surface area (Å²) in [5.41, 5.74) is 0.396. The van der Waals surface area contributed by atoms with Crippen molar-refractivity contribution in [3.05, 3.63) is 35.7 Å². The lowest BCUT2D eigenvalue weighted by molar-refractivity contribution is 0.0667. The van der Waals surface area contributed by atoms with Crippen LogP contribution in [0.15, 0.2) is 23.0 Å². The van der Waals surface area contributed by atoms with Gasteiger partial charge in [-0.1, -0.05) is 19.0 Å². The number of imidazole rings is 1. The van der Waals surface area contributed by atoms with Crippen LogP contribution in [0.4, 0.5) is 0 Å². The Morgan fingerprint density at radius 2 is 2.27 bits per heavy atom. The summed E-state index contributed by atoms with van der Waals surface area (Å²) in [5, 5.41) is 3.84. The fourth-order valence-electron chi connectivity index (χ4n) is 3.08. The molecule has 22 heavy (non-hydrogen) atoms. The molecule has 3 heterocycles. The number of likely N-dealkylation sites (tertiary alicyclic amines) is 1. The van der Waals surface area contributed by atoms with Crippen LogP contribution in [0.2, 0.25) is 0 Å². The van der Waals surface area contributed by atoms with Gasteiger partial charge in [0.25, 0.3) is 5.91 Å². The molecule has 1 atom stereocenters. The molecule has 1 saturated heterocycles. The molecule has 0 spiro atoms. The van der Waals surface area contributed by atoms with Crippen molar-refractivity contribution in [3.8, 4) is 0 Å². The topological polar surface area (TPSA) is 64.2 Å². The van der Waals surface area contributed by atoms with E-state index in [2.05, 4.69) is 28.6 Å². The second-order valence-electron chi connectivity index (χ2n) is 6.22. The van der Waals surface area contributed by atoms with Crippen molar-refractivity contribution < 1.29 is 9.32 Å². The normalized spacial score (nSPS) is 18.9. The molecule has 1 amide bonds. The molecule has 1 aliphatic heterocycles. The van der Waals surface area contributed by atoms with E-state index in [1.54, 1.807) is 13.0 Å². The molecule has 2 aromatic heterocycles. The highest BCUT2D eigenvalue weighted by Crippen LogP contribution is 2.26. The van der Waals surface area contributed by atoms with Crippen LogP contribution in [-0.4, -0.2) is 38.6 Å². The van der Waals surface area contributed by atoms with Crippen LogP contribution in [0.3, 0.4) is 0 Å². The van der Waals surface area contributed by atoms with Gasteiger partial charge in [-0.05, 0) is 19.8 Å². The Balaban J connectivity index is 1.77. The second kappa shape index (κ2) is 5.94.